The Kier molecular flexibility index (Phi) is 6.02. The van der Waals surface area contributed by atoms with Crippen molar-refractivity contribution in [1.82, 2.24) is 9.88 Å². The van der Waals surface area contributed by atoms with Gasteiger partial charge in [-0.1, -0.05) is 49.4 Å². The van der Waals surface area contributed by atoms with Gasteiger partial charge in [0, 0.05) is 35.4 Å². The summed E-state index contributed by atoms with van der Waals surface area (Å²) in [6, 6.07) is 17.8. The summed E-state index contributed by atoms with van der Waals surface area (Å²) in [7, 11) is 0. The van der Waals surface area contributed by atoms with E-state index < -0.39 is 0 Å². The van der Waals surface area contributed by atoms with E-state index in [1.165, 1.54) is 0 Å². The molecule has 0 aliphatic heterocycles. The highest BCUT2D eigenvalue weighted by Gasteiger charge is 2.14. The SMILES string of the molecule is CCCN(Cc1ccccc1)C(=O)Nc1cccc(-c2nc(C)cs2)c1. The number of benzene rings is 2. The molecule has 4 nitrogen and oxygen atoms in total. The molecule has 0 saturated carbocycles. The number of anilines is 1. The molecule has 26 heavy (non-hydrogen) atoms. The van der Waals surface area contributed by atoms with Gasteiger partial charge in [0.25, 0.3) is 0 Å². The maximum Gasteiger partial charge on any atom is 0.322 e. The molecule has 134 valence electrons. The second kappa shape index (κ2) is 8.63. The van der Waals surface area contributed by atoms with Gasteiger partial charge in [-0.2, -0.15) is 0 Å². The molecule has 5 heteroatoms. The molecule has 0 saturated heterocycles. The Balaban J connectivity index is 1.72. The summed E-state index contributed by atoms with van der Waals surface area (Å²) in [6.45, 7) is 5.38. The van der Waals surface area contributed by atoms with E-state index in [9.17, 15) is 4.79 Å². The average Bonchev–Trinajstić information content (AvgIpc) is 3.09. The number of hydrogen-bond acceptors (Lipinski definition) is 3. The van der Waals surface area contributed by atoms with Gasteiger partial charge in [0.1, 0.15) is 5.01 Å². The molecule has 2 aromatic carbocycles. The van der Waals surface area contributed by atoms with Crippen LogP contribution in [0.4, 0.5) is 10.5 Å². The second-order valence-corrected chi connectivity index (χ2v) is 7.07. The smallest absolute Gasteiger partial charge is 0.320 e. The average molecular weight is 366 g/mol. The minimum Gasteiger partial charge on any atom is -0.320 e. The van der Waals surface area contributed by atoms with Crippen molar-refractivity contribution in [1.29, 1.82) is 0 Å². The molecule has 0 unspecified atom stereocenters. The number of nitrogens with one attached hydrogen (secondary N) is 1. The van der Waals surface area contributed by atoms with Crippen molar-refractivity contribution in [2.24, 2.45) is 0 Å². The van der Waals surface area contributed by atoms with Gasteiger partial charge in [-0.15, -0.1) is 11.3 Å². The molecule has 3 aromatic rings. The van der Waals surface area contributed by atoms with Gasteiger partial charge in [-0.3, -0.25) is 0 Å². The zero-order chi connectivity index (χ0) is 18.4. The summed E-state index contributed by atoms with van der Waals surface area (Å²) < 4.78 is 0. The van der Waals surface area contributed by atoms with Crippen LogP contribution in [0.15, 0.2) is 60.0 Å². The fraction of sp³-hybridized carbons (Fsp3) is 0.238. The molecule has 1 heterocycles. The Morgan fingerprint density at radius 2 is 1.96 bits per heavy atom. The third kappa shape index (κ3) is 4.70. The first-order chi connectivity index (χ1) is 12.7. The van der Waals surface area contributed by atoms with Gasteiger partial charge in [0.15, 0.2) is 0 Å². The molecule has 0 aliphatic carbocycles. The minimum absolute atomic E-state index is 0.0804. The number of urea groups is 1. The maximum atomic E-state index is 12.8. The van der Waals surface area contributed by atoms with Crippen molar-refractivity contribution in [3.05, 3.63) is 71.2 Å². The Morgan fingerprint density at radius 3 is 2.65 bits per heavy atom. The molecular formula is C21H23N3OS. The molecule has 0 atom stereocenters. The molecule has 1 aromatic heterocycles. The van der Waals surface area contributed by atoms with E-state index in [4.69, 9.17) is 0 Å². The lowest BCUT2D eigenvalue weighted by molar-refractivity contribution is 0.209. The largest absolute Gasteiger partial charge is 0.322 e. The van der Waals surface area contributed by atoms with Gasteiger partial charge < -0.3 is 10.2 Å². The normalized spacial score (nSPS) is 10.5. The molecule has 0 spiro atoms. The van der Waals surface area contributed by atoms with Gasteiger partial charge in [-0.05, 0) is 31.0 Å². The number of hydrogen-bond donors (Lipinski definition) is 1. The van der Waals surface area contributed by atoms with Crippen LogP contribution in [0.2, 0.25) is 0 Å². The van der Waals surface area contributed by atoms with Crippen molar-refractivity contribution in [2.75, 3.05) is 11.9 Å². The van der Waals surface area contributed by atoms with E-state index in [2.05, 4.69) is 17.2 Å². The van der Waals surface area contributed by atoms with Crippen LogP contribution in [0.1, 0.15) is 24.6 Å². The van der Waals surface area contributed by atoms with Crippen LogP contribution in [0.5, 0.6) is 0 Å². The fourth-order valence-corrected chi connectivity index (χ4v) is 3.54. The van der Waals surface area contributed by atoms with Crippen LogP contribution in [0.25, 0.3) is 10.6 Å². The molecule has 0 radical (unpaired) electrons. The molecule has 1 N–H and O–H groups in total. The molecule has 3 rings (SSSR count). The lowest BCUT2D eigenvalue weighted by Gasteiger charge is -2.23. The zero-order valence-electron chi connectivity index (χ0n) is 15.1. The monoisotopic (exact) mass is 365 g/mol. The Labute approximate surface area is 158 Å². The topological polar surface area (TPSA) is 45.2 Å². The van der Waals surface area contributed by atoms with Crippen molar-refractivity contribution in [3.63, 3.8) is 0 Å². The first kappa shape index (κ1) is 18.1. The molecule has 0 fully saturated rings. The summed E-state index contributed by atoms with van der Waals surface area (Å²) in [5, 5.41) is 6.03. The summed E-state index contributed by atoms with van der Waals surface area (Å²) in [5.41, 5.74) is 3.94. The number of aromatic nitrogens is 1. The van der Waals surface area contributed by atoms with Gasteiger partial charge in [0.2, 0.25) is 0 Å². The summed E-state index contributed by atoms with van der Waals surface area (Å²) >= 11 is 1.61. The van der Waals surface area contributed by atoms with Crippen molar-refractivity contribution >= 4 is 23.1 Å². The van der Waals surface area contributed by atoms with Crippen LogP contribution >= 0.6 is 11.3 Å². The molecule has 2 amide bonds. The van der Waals surface area contributed by atoms with E-state index in [0.29, 0.717) is 13.1 Å². The number of thiazole rings is 1. The molecule has 0 bridgehead atoms. The number of rotatable bonds is 6. The second-order valence-electron chi connectivity index (χ2n) is 6.21. The van der Waals surface area contributed by atoms with Crippen LogP contribution in [0.3, 0.4) is 0 Å². The summed E-state index contributed by atoms with van der Waals surface area (Å²) in [6.07, 6.45) is 0.915. The van der Waals surface area contributed by atoms with Crippen molar-refractivity contribution in [3.8, 4) is 10.6 Å². The number of aryl methyl sites for hydroxylation is 1. The van der Waals surface area contributed by atoms with Gasteiger partial charge in [-0.25, -0.2) is 9.78 Å². The molecular weight excluding hydrogens is 342 g/mol. The van der Waals surface area contributed by atoms with E-state index in [-0.39, 0.29) is 6.03 Å². The predicted molar refractivity (Wildman–Crippen MR) is 108 cm³/mol. The molecule has 0 aliphatic rings. The van der Waals surface area contributed by atoms with Crippen LogP contribution < -0.4 is 5.32 Å². The highest BCUT2D eigenvalue weighted by Crippen LogP contribution is 2.26. The predicted octanol–water partition coefficient (Wildman–Crippen LogP) is 5.56. The van der Waals surface area contributed by atoms with E-state index in [1.54, 1.807) is 11.3 Å². The van der Waals surface area contributed by atoms with E-state index >= 15 is 0 Å². The Hall–Kier alpha value is -2.66. The zero-order valence-corrected chi connectivity index (χ0v) is 15.9. The number of nitrogens with zero attached hydrogens (tertiary/aromatic N) is 2. The van der Waals surface area contributed by atoms with Crippen molar-refractivity contribution in [2.45, 2.75) is 26.8 Å². The first-order valence-electron chi connectivity index (χ1n) is 8.78. The minimum atomic E-state index is -0.0804. The summed E-state index contributed by atoms with van der Waals surface area (Å²) in [4.78, 5) is 19.1. The standard InChI is InChI=1S/C21H23N3OS/c1-3-12-24(14-17-8-5-4-6-9-17)21(25)23-19-11-7-10-18(13-19)20-22-16(2)15-26-20/h4-11,13,15H,3,12,14H2,1-2H3,(H,23,25). The maximum absolute atomic E-state index is 12.8. The van der Waals surface area contributed by atoms with Crippen molar-refractivity contribution < 1.29 is 4.79 Å². The Bertz CT molecular complexity index is 860. The van der Waals surface area contributed by atoms with Crippen LogP contribution in [0, 0.1) is 6.92 Å². The van der Waals surface area contributed by atoms with Crippen LogP contribution in [-0.2, 0) is 6.54 Å². The van der Waals surface area contributed by atoms with E-state index in [1.807, 2.05) is 71.8 Å². The van der Waals surface area contributed by atoms with Gasteiger partial charge >= 0.3 is 6.03 Å². The highest BCUT2D eigenvalue weighted by atomic mass is 32.1. The van der Waals surface area contributed by atoms with Gasteiger partial charge in [0.05, 0.1) is 0 Å². The third-order valence-electron chi connectivity index (χ3n) is 3.98. The fourth-order valence-electron chi connectivity index (χ4n) is 2.75. The Morgan fingerprint density at radius 1 is 1.15 bits per heavy atom. The van der Waals surface area contributed by atoms with E-state index in [0.717, 1.165) is 33.9 Å². The quantitative estimate of drug-likeness (QED) is 0.621. The lowest BCUT2D eigenvalue weighted by atomic mass is 10.2. The number of carbonyl (C=O) groups is 1. The van der Waals surface area contributed by atoms with Crippen LogP contribution in [-0.4, -0.2) is 22.5 Å². The lowest BCUT2D eigenvalue weighted by Crippen LogP contribution is -2.35. The number of carbonyl (C=O) groups excluding carboxylic acids is 1. The third-order valence-corrected chi connectivity index (χ3v) is 4.99. The first-order valence-corrected chi connectivity index (χ1v) is 9.66. The summed E-state index contributed by atoms with van der Waals surface area (Å²) in [5.74, 6) is 0. The number of amides is 2. The highest BCUT2D eigenvalue weighted by molar-refractivity contribution is 7.13.